The van der Waals surface area contributed by atoms with Gasteiger partial charge in [0.15, 0.2) is 5.78 Å². The number of aliphatic carboxylic acids is 2. The van der Waals surface area contributed by atoms with Crippen LogP contribution in [0.4, 0.5) is 0 Å². The van der Waals surface area contributed by atoms with Crippen molar-refractivity contribution in [1.29, 1.82) is 0 Å². The lowest BCUT2D eigenvalue weighted by Crippen LogP contribution is -2.43. The van der Waals surface area contributed by atoms with E-state index in [1.54, 1.807) is 0 Å². The zero-order valence-electron chi connectivity index (χ0n) is 6.75. The third-order valence-electron chi connectivity index (χ3n) is 1.39. The summed E-state index contributed by atoms with van der Waals surface area (Å²) in [6.07, 6.45) is -0.625. The van der Waals surface area contributed by atoms with E-state index in [4.69, 9.17) is 0 Å². The second-order valence-electron chi connectivity index (χ2n) is 3.05. The molecule has 5 nitrogen and oxygen atoms in total. The predicted octanol–water partition coefficient (Wildman–Crippen LogP) is -2.53. The van der Waals surface area contributed by atoms with Crippen LogP contribution in [0.3, 0.4) is 0 Å². The summed E-state index contributed by atoms with van der Waals surface area (Å²) in [7, 11) is 0. The van der Waals surface area contributed by atoms with Crippen LogP contribution >= 0.6 is 0 Å². The Balaban J connectivity index is 4.50. The van der Waals surface area contributed by atoms with Crippen molar-refractivity contribution in [3.8, 4) is 0 Å². The van der Waals surface area contributed by atoms with E-state index in [0.29, 0.717) is 0 Å². The minimum atomic E-state index is -1.87. The van der Waals surface area contributed by atoms with Crippen LogP contribution in [-0.2, 0) is 14.4 Å². The smallest absolute Gasteiger partial charge is 0.184 e. The Morgan fingerprint density at radius 3 is 1.83 bits per heavy atom. The Morgan fingerprint density at radius 2 is 1.58 bits per heavy atom. The van der Waals surface area contributed by atoms with Gasteiger partial charge in [0, 0.05) is 11.4 Å². The molecule has 12 heavy (non-hydrogen) atoms. The summed E-state index contributed by atoms with van der Waals surface area (Å²) in [5.74, 6) is -4.57. The fourth-order valence-electron chi connectivity index (χ4n) is 0.717. The van der Waals surface area contributed by atoms with Crippen LogP contribution in [0.25, 0.3) is 0 Å². The van der Waals surface area contributed by atoms with Crippen molar-refractivity contribution < 1.29 is 24.6 Å². The summed E-state index contributed by atoms with van der Waals surface area (Å²) in [5, 5.41) is 20.1. The van der Waals surface area contributed by atoms with Crippen molar-refractivity contribution in [3.63, 3.8) is 0 Å². The van der Waals surface area contributed by atoms with E-state index in [2.05, 4.69) is 0 Å². The Morgan fingerprint density at radius 1 is 1.17 bits per heavy atom. The number of Topliss-reactive ketones (excluding diaryl/α,β-unsaturated/α-hetero) is 1. The molecule has 0 aromatic carbocycles. The number of hydrogen-bond donors (Lipinski definition) is 0. The number of hydrogen-bond acceptors (Lipinski definition) is 5. The molecule has 0 bridgehead atoms. The van der Waals surface area contributed by atoms with Crippen LogP contribution < -0.4 is 10.2 Å². The molecule has 0 N–H and O–H groups in total. The summed E-state index contributed by atoms with van der Waals surface area (Å²) in [4.78, 5) is 30.9. The van der Waals surface area contributed by atoms with Crippen LogP contribution in [0, 0.1) is 5.41 Å². The summed E-state index contributed by atoms with van der Waals surface area (Å²) >= 11 is 0. The SMILES string of the molecule is CC(C)(CC(=O)[O-])C(=O)C(=O)[O-]. The van der Waals surface area contributed by atoms with Gasteiger partial charge in [-0.15, -0.1) is 0 Å². The lowest BCUT2D eigenvalue weighted by molar-refractivity contribution is -0.308. The summed E-state index contributed by atoms with van der Waals surface area (Å²) in [6.45, 7) is 2.42. The highest BCUT2D eigenvalue weighted by Gasteiger charge is 2.28. The number of ketones is 1. The van der Waals surface area contributed by atoms with Gasteiger partial charge >= 0.3 is 0 Å². The minimum Gasteiger partial charge on any atom is -0.550 e. The van der Waals surface area contributed by atoms with Crippen molar-refractivity contribution >= 4 is 17.7 Å². The van der Waals surface area contributed by atoms with Crippen molar-refractivity contribution in [2.24, 2.45) is 5.41 Å². The molecule has 0 atom stereocenters. The van der Waals surface area contributed by atoms with Gasteiger partial charge in [-0.2, -0.15) is 0 Å². The minimum absolute atomic E-state index is 0.625. The largest absolute Gasteiger partial charge is 0.550 e. The van der Waals surface area contributed by atoms with Gasteiger partial charge in [0.1, 0.15) is 5.97 Å². The van der Waals surface area contributed by atoms with Crippen LogP contribution in [0.15, 0.2) is 0 Å². The summed E-state index contributed by atoms with van der Waals surface area (Å²) in [5.41, 5.74) is -1.46. The molecule has 0 saturated heterocycles. The van der Waals surface area contributed by atoms with Crippen molar-refractivity contribution in [2.45, 2.75) is 20.3 Å². The molecule has 0 unspecified atom stereocenters. The number of carbonyl (C=O) groups excluding carboxylic acids is 3. The Bertz CT molecular complexity index is 228. The van der Waals surface area contributed by atoms with Gasteiger partial charge in [0.25, 0.3) is 0 Å². The van der Waals surface area contributed by atoms with E-state index in [9.17, 15) is 24.6 Å². The zero-order valence-corrected chi connectivity index (χ0v) is 6.75. The third-order valence-corrected chi connectivity index (χ3v) is 1.39. The molecular weight excluding hydrogens is 164 g/mol. The van der Waals surface area contributed by atoms with E-state index >= 15 is 0 Å². The van der Waals surface area contributed by atoms with Crippen molar-refractivity contribution in [3.05, 3.63) is 0 Å². The molecule has 0 aliphatic heterocycles. The van der Waals surface area contributed by atoms with Crippen LogP contribution in [-0.4, -0.2) is 17.7 Å². The first-order chi connectivity index (χ1) is 5.27. The van der Waals surface area contributed by atoms with Gasteiger partial charge in [-0.3, -0.25) is 4.79 Å². The molecule has 0 aromatic heterocycles. The summed E-state index contributed by atoms with van der Waals surface area (Å²) in [6, 6.07) is 0. The molecule has 0 saturated carbocycles. The molecule has 0 aromatic rings. The topological polar surface area (TPSA) is 97.3 Å². The molecular formula is C7H8O5-2. The van der Waals surface area contributed by atoms with Gasteiger partial charge in [-0.1, -0.05) is 13.8 Å². The highest BCUT2D eigenvalue weighted by atomic mass is 16.4. The summed E-state index contributed by atoms with van der Waals surface area (Å²) < 4.78 is 0. The Hall–Kier alpha value is -1.39. The zero-order chi connectivity index (χ0) is 9.94. The fourth-order valence-corrected chi connectivity index (χ4v) is 0.717. The Kier molecular flexibility index (Phi) is 2.95. The third kappa shape index (κ3) is 2.69. The van der Waals surface area contributed by atoms with Crippen LogP contribution in [0.5, 0.6) is 0 Å². The van der Waals surface area contributed by atoms with Gasteiger partial charge in [0.2, 0.25) is 0 Å². The fraction of sp³-hybridized carbons (Fsp3) is 0.571. The maximum absolute atomic E-state index is 10.7. The first-order valence-electron chi connectivity index (χ1n) is 3.23. The number of carbonyl (C=O) groups is 3. The molecule has 68 valence electrons. The highest BCUT2D eigenvalue weighted by Crippen LogP contribution is 2.20. The molecule has 5 heteroatoms. The molecule has 0 heterocycles. The average molecular weight is 172 g/mol. The second-order valence-corrected chi connectivity index (χ2v) is 3.05. The normalized spacial score (nSPS) is 10.8. The molecule has 0 fully saturated rings. The van der Waals surface area contributed by atoms with Crippen molar-refractivity contribution in [1.82, 2.24) is 0 Å². The number of rotatable bonds is 4. The second kappa shape index (κ2) is 3.34. The highest BCUT2D eigenvalue weighted by molar-refractivity contribution is 6.34. The number of carboxylic acids is 2. The molecule has 0 spiro atoms. The van der Waals surface area contributed by atoms with Gasteiger partial charge in [0.05, 0.1) is 0 Å². The maximum Gasteiger partial charge on any atom is 0.184 e. The predicted molar refractivity (Wildman–Crippen MR) is 33.4 cm³/mol. The first-order valence-corrected chi connectivity index (χ1v) is 3.23. The lowest BCUT2D eigenvalue weighted by atomic mass is 9.84. The molecule has 0 aliphatic carbocycles. The number of carboxylic acid groups (broad SMARTS) is 2. The van der Waals surface area contributed by atoms with Crippen molar-refractivity contribution in [2.75, 3.05) is 0 Å². The van der Waals surface area contributed by atoms with E-state index in [1.165, 1.54) is 13.8 Å². The van der Waals surface area contributed by atoms with Crippen LogP contribution in [0.2, 0.25) is 0 Å². The first kappa shape index (κ1) is 10.6. The van der Waals surface area contributed by atoms with E-state index in [1.807, 2.05) is 0 Å². The lowest BCUT2D eigenvalue weighted by Gasteiger charge is -2.23. The quantitative estimate of drug-likeness (QED) is 0.435. The standard InChI is InChI=1S/C7H10O5/c1-7(2,3-4(8)9)5(10)6(11)12/h3H2,1-2H3,(H,8,9)(H,11,12)/p-2. The molecule has 0 radical (unpaired) electrons. The van der Waals surface area contributed by atoms with E-state index < -0.39 is 29.6 Å². The van der Waals surface area contributed by atoms with E-state index in [0.717, 1.165) is 0 Å². The molecule has 0 rings (SSSR count). The van der Waals surface area contributed by atoms with Gasteiger partial charge in [-0.25, -0.2) is 0 Å². The maximum atomic E-state index is 10.7. The van der Waals surface area contributed by atoms with E-state index in [-0.39, 0.29) is 0 Å². The van der Waals surface area contributed by atoms with Gasteiger partial charge in [-0.05, 0) is 6.42 Å². The average Bonchev–Trinajstić information content (AvgIpc) is 1.82. The van der Waals surface area contributed by atoms with Crippen LogP contribution in [0.1, 0.15) is 20.3 Å². The monoisotopic (exact) mass is 172 g/mol. The molecule has 0 amide bonds. The van der Waals surface area contributed by atoms with Gasteiger partial charge < -0.3 is 19.8 Å². The Labute approximate surface area is 69.0 Å². The molecule has 0 aliphatic rings.